The van der Waals surface area contributed by atoms with Crippen LogP contribution in [0.1, 0.15) is 0 Å². The van der Waals surface area contributed by atoms with Crippen LogP contribution in [-0.4, -0.2) is 46.8 Å². The average molecular weight is 507 g/mol. The molecule has 0 bridgehead atoms. The minimum atomic E-state index is -3.63. The van der Waals surface area contributed by atoms with E-state index in [4.69, 9.17) is 9.47 Å². The lowest BCUT2D eigenvalue weighted by molar-refractivity contribution is -0.149. The van der Waals surface area contributed by atoms with Gasteiger partial charge in [-0.2, -0.15) is 0 Å². The van der Waals surface area contributed by atoms with Crippen LogP contribution in [0.15, 0.2) is 75.1 Å². The van der Waals surface area contributed by atoms with Crippen LogP contribution in [0.3, 0.4) is 0 Å². The quantitative estimate of drug-likeness (QED) is 0.329. The molecule has 1 aromatic heterocycles. The molecule has 0 fully saturated rings. The molecule has 174 valence electrons. The second-order valence-corrected chi connectivity index (χ2v) is 10.6. The van der Waals surface area contributed by atoms with Crippen molar-refractivity contribution in [2.24, 2.45) is 0 Å². The Hall–Kier alpha value is -3.02. The molecule has 11 heteroatoms. The topological polar surface area (TPSA) is 102 Å². The first-order valence-corrected chi connectivity index (χ1v) is 13.2. The number of sulfonamides is 1. The highest BCUT2D eigenvalue weighted by atomic mass is 32.2. The van der Waals surface area contributed by atoms with Crippen LogP contribution in [0.25, 0.3) is 0 Å². The number of amides is 1. The number of carbonyl (C=O) groups is 2. The number of nitrogens with one attached hydrogen (secondary N) is 1. The Labute approximate surface area is 200 Å². The normalized spacial score (nSPS) is 11.0. The molecule has 0 atom stereocenters. The summed E-state index contributed by atoms with van der Waals surface area (Å²) in [5.41, 5.74) is 1.09. The number of rotatable bonds is 10. The molecule has 2 aromatic carbocycles. The number of ether oxygens (including phenoxy) is 2. The molecule has 0 saturated heterocycles. The van der Waals surface area contributed by atoms with Crippen LogP contribution in [0, 0.1) is 0 Å². The molecule has 8 nitrogen and oxygen atoms in total. The van der Waals surface area contributed by atoms with E-state index in [-0.39, 0.29) is 4.21 Å². The fraction of sp³-hybridized carbons (Fsp3) is 0.182. The largest absolute Gasteiger partial charge is 0.482 e. The summed E-state index contributed by atoms with van der Waals surface area (Å²) in [4.78, 5) is 24.9. The maximum absolute atomic E-state index is 12.6. The van der Waals surface area contributed by atoms with Gasteiger partial charge < -0.3 is 14.8 Å². The molecular formula is C22H22N2O6S3. The lowest BCUT2D eigenvalue weighted by Gasteiger charge is -2.18. The number of esters is 1. The third kappa shape index (κ3) is 6.50. The summed E-state index contributed by atoms with van der Waals surface area (Å²) in [7, 11) is -2.17. The smallest absolute Gasteiger partial charge is 0.344 e. The van der Waals surface area contributed by atoms with E-state index in [1.807, 2.05) is 18.4 Å². The van der Waals surface area contributed by atoms with Crippen molar-refractivity contribution in [1.29, 1.82) is 0 Å². The Morgan fingerprint density at radius 2 is 1.76 bits per heavy atom. The fourth-order valence-corrected chi connectivity index (χ4v) is 5.61. The molecule has 3 rings (SSSR count). The number of hydrogen-bond acceptors (Lipinski definition) is 8. The van der Waals surface area contributed by atoms with Gasteiger partial charge in [-0.05, 0) is 54.1 Å². The second kappa shape index (κ2) is 11.2. The minimum absolute atomic E-state index is 0.244. The molecule has 0 spiro atoms. The Bertz CT molecular complexity index is 1200. The lowest BCUT2D eigenvalue weighted by Crippen LogP contribution is -2.25. The SMILES string of the molecule is CSc1ccccc1NC(=O)COC(=O)COc1ccc(N(C)S(=O)(=O)c2cccs2)cc1. The zero-order valence-electron chi connectivity index (χ0n) is 17.9. The van der Waals surface area contributed by atoms with Gasteiger partial charge in [0, 0.05) is 11.9 Å². The molecule has 0 radical (unpaired) electrons. The third-order valence-corrected chi connectivity index (χ3v) is 8.37. The van der Waals surface area contributed by atoms with Crippen molar-refractivity contribution < 1.29 is 27.5 Å². The van der Waals surface area contributed by atoms with E-state index in [2.05, 4.69) is 5.32 Å². The number of benzene rings is 2. The van der Waals surface area contributed by atoms with Gasteiger partial charge in [0.2, 0.25) is 0 Å². The van der Waals surface area contributed by atoms with E-state index in [9.17, 15) is 18.0 Å². The first-order valence-electron chi connectivity index (χ1n) is 9.65. The van der Waals surface area contributed by atoms with E-state index in [1.165, 1.54) is 23.1 Å². The van der Waals surface area contributed by atoms with Crippen molar-refractivity contribution >= 4 is 56.4 Å². The van der Waals surface area contributed by atoms with Crippen molar-refractivity contribution in [1.82, 2.24) is 0 Å². The number of nitrogens with zero attached hydrogens (tertiary/aromatic N) is 1. The third-order valence-electron chi connectivity index (χ3n) is 4.41. The van der Waals surface area contributed by atoms with Crippen LogP contribution in [0.4, 0.5) is 11.4 Å². The van der Waals surface area contributed by atoms with Gasteiger partial charge >= 0.3 is 5.97 Å². The van der Waals surface area contributed by atoms with Crippen LogP contribution >= 0.6 is 23.1 Å². The Morgan fingerprint density at radius 3 is 2.42 bits per heavy atom. The van der Waals surface area contributed by atoms with E-state index < -0.39 is 35.1 Å². The first kappa shape index (κ1) is 24.6. The number of thiophene rings is 1. The number of thioether (sulfide) groups is 1. The van der Waals surface area contributed by atoms with Crippen molar-refractivity contribution in [3.63, 3.8) is 0 Å². The van der Waals surface area contributed by atoms with Crippen molar-refractivity contribution in [3.05, 3.63) is 66.0 Å². The Balaban J connectivity index is 1.47. The molecule has 0 aliphatic heterocycles. The summed E-state index contributed by atoms with van der Waals surface area (Å²) >= 11 is 2.63. The minimum Gasteiger partial charge on any atom is -0.482 e. The van der Waals surface area contributed by atoms with Crippen molar-refractivity contribution in [2.45, 2.75) is 9.10 Å². The summed E-state index contributed by atoms with van der Waals surface area (Å²) in [5.74, 6) is -0.801. The van der Waals surface area contributed by atoms with Crippen molar-refractivity contribution in [2.75, 3.05) is 36.1 Å². The molecule has 0 saturated carbocycles. The maximum Gasteiger partial charge on any atom is 0.344 e. The molecular weight excluding hydrogens is 484 g/mol. The Morgan fingerprint density at radius 1 is 1.03 bits per heavy atom. The molecule has 3 aromatic rings. The summed E-state index contributed by atoms with van der Waals surface area (Å²) < 4.78 is 36.9. The molecule has 33 heavy (non-hydrogen) atoms. The van der Waals surface area contributed by atoms with Gasteiger partial charge in [-0.15, -0.1) is 23.1 Å². The molecule has 0 unspecified atom stereocenters. The highest BCUT2D eigenvalue weighted by Gasteiger charge is 2.22. The predicted octanol–water partition coefficient (Wildman–Crippen LogP) is 3.86. The van der Waals surface area contributed by atoms with Crippen LogP contribution < -0.4 is 14.4 Å². The lowest BCUT2D eigenvalue weighted by atomic mass is 10.3. The van der Waals surface area contributed by atoms with Crippen LogP contribution in [0.5, 0.6) is 5.75 Å². The first-order chi connectivity index (χ1) is 15.8. The van der Waals surface area contributed by atoms with Crippen molar-refractivity contribution in [3.8, 4) is 5.75 Å². The summed E-state index contributed by atoms with van der Waals surface area (Å²) in [6.07, 6.45) is 1.90. The summed E-state index contributed by atoms with van der Waals surface area (Å²) in [5, 5.41) is 4.40. The predicted molar refractivity (Wildman–Crippen MR) is 130 cm³/mol. The van der Waals surface area contributed by atoms with Gasteiger partial charge in [0.05, 0.1) is 11.4 Å². The van der Waals surface area contributed by atoms with Crippen LogP contribution in [0.2, 0.25) is 0 Å². The van der Waals surface area contributed by atoms with Gasteiger partial charge in [-0.1, -0.05) is 18.2 Å². The Kier molecular flexibility index (Phi) is 8.37. The average Bonchev–Trinajstić information content (AvgIpc) is 3.38. The maximum atomic E-state index is 12.6. The van der Waals surface area contributed by atoms with Gasteiger partial charge in [-0.3, -0.25) is 9.10 Å². The van der Waals surface area contributed by atoms with Crippen LogP contribution in [-0.2, 0) is 24.3 Å². The standard InChI is InChI=1S/C22H22N2O6S3/c1-24(33(27,28)22-8-5-13-32-22)16-9-11-17(12-10-16)29-15-21(26)30-14-20(25)23-18-6-3-4-7-19(18)31-2/h3-13H,14-15H2,1-2H3,(H,23,25). The monoisotopic (exact) mass is 506 g/mol. The van der Waals surface area contributed by atoms with Gasteiger partial charge in [-0.25, -0.2) is 13.2 Å². The van der Waals surface area contributed by atoms with Gasteiger partial charge in [0.15, 0.2) is 13.2 Å². The number of hydrogen-bond donors (Lipinski definition) is 1. The van der Waals surface area contributed by atoms with E-state index in [0.717, 1.165) is 16.2 Å². The highest BCUT2D eigenvalue weighted by Crippen LogP contribution is 2.27. The molecule has 1 amide bonds. The number of anilines is 2. The number of para-hydroxylation sites is 1. The highest BCUT2D eigenvalue weighted by molar-refractivity contribution is 7.98. The summed E-state index contributed by atoms with van der Waals surface area (Å²) in [6.45, 7) is -0.827. The van der Waals surface area contributed by atoms with Gasteiger partial charge in [0.1, 0.15) is 9.96 Å². The molecule has 0 aliphatic carbocycles. The van der Waals surface area contributed by atoms with E-state index >= 15 is 0 Å². The zero-order valence-corrected chi connectivity index (χ0v) is 20.3. The fourth-order valence-electron chi connectivity index (χ4n) is 2.70. The number of carbonyl (C=O) groups excluding carboxylic acids is 2. The van der Waals surface area contributed by atoms with Gasteiger partial charge in [0.25, 0.3) is 15.9 Å². The van der Waals surface area contributed by atoms with E-state index in [1.54, 1.807) is 53.9 Å². The summed E-state index contributed by atoms with van der Waals surface area (Å²) in [6, 6.07) is 16.8. The molecule has 1 heterocycles. The second-order valence-electron chi connectivity index (χ2n) is 6.60. The van der Waals surface area contributed by atoms with E-state index in [0.29, 0.717) is 17.1 Å². The molecule has 1 N–H and O–H groups in total. The zero-order chi connectivity index (χ0) is 23.8. The molecule has 0 aliphatic rings.